The van der Waals surface area contributed by atoms with Crippen LogP contribution in [-0.4, -0.2) is 0 Å². The van der Waals surface area contributed by atoms with Crippen LogP contribution in [0.4, 0.5) is 5.69 Å². The number of nitrogen functional groups attached to an aromatic ring is 1. The van der Waals surface area contributed by atoms with Crippen LogP contribution in [0, 0.1) is 6.92 Å². The molecule has 0 spiro atoms. The fourth-order valence-electron chi connectivity index (χ4n) is 1.07. The highest BCUT2D eigenvalue weighted by atomic mass is 14.5. The average Bonchev–Trinajstić information content (AvgIpc) is 1.95. The van der Waals surface area contributed by atoms with Gasteiger partial charge in [0, 0.05) is 5.69 Å². The van der Waals surface area contributed by atoms with Crippen molar-refractivity contribution in [3.63, 3.8) is 0 Å². The summed E-state index contributed by atoms with van der Waals surface area (Å²) in [6, 6.07) is 5.93. The van der Waals surface area contributed by atoms with Crippen molar-refractivity contribution in [1.82, 2.24) is 0 Å². The largest absolute Gasteiger partial charge is 0.399 e. The summed E-state index contributed by atoms with van der Waals surface area (Å²) < 4.78 is 0. The Morgan fingerprint density at radius 1 is 1.36 bits per heavy atom. The van der Waals surface area contributed by atoms with Crippen molar-refractivity contribution >= 4 is 11.8 Å². The summed E-state index contributed by atoms with van der Waals surface area (Å²) in [7, 11) is 0. The van der Waals surface area contributed by atoms with Gasteiger partial charge in [-0.2, -0.15) is 0 Å². The number of anilines is 1. The maximum atomic E-state index is 5.60. The molecular weight excluding hydrogens is 134 g/mol. The highest BCUT2D eigenvalue weighted by Crippen LogP contribution is 2.13. The van der Waals surface area contributed by atoms with Crippen LogP contribution in [0.1, 0.15) is 18.1 Å². The van der Waals surface area contributed by atoms with E-state index in [0.29, 0.717) is 0 Å². The molecule has 0 saturated carbocycles. The molecule has 11 heavy (non-hydrogen) atoms. The molecule has 0 saturated heterocycles. The monoisotopic (exact) mass is 147 g/mol. The number of aryl methyl sites for hydroxylation is 1. The number of allylic oxidation sites excluding steroid dienone is 1. The molecule has 0 aliphatic heterocycles. The molecule has 0 unspecified atom stereocenters. The van der Waals surface area contributed by atoms with Gasteiger partial charge < -0.3 is 5.73 Å². The van der Waals surface area contributed by atoms with Gasteiger partial charge in [0.15, 0.2) is 0 Å². The summed E-state index contributed by atoms with van der Waals surface area (Å²) in [6.45, 7) is 4.07. The molecule has 0 atom stereocenters. The Labute approximate surface area is 67.5 Å². The second kappa shape index (κ2) is 3.24. The van der Waals surface area contributed by atoms with Crippen molar-refractivity contribution in [3.8, 4) is 0 Å². The molecule has 0 fully saturated rings. The summed E-state index contributed by atoms with van der Waals surface area (Å²) in [5, 5.41) is 0. The molecule has 1 rings (SSSR count). The van der Waals surface area contributed by atoms with Gasteiger partial charge in [0.2, 0.25) is 0 Å². The standard InChI is InChI=1S/C10H13N/c1-3-4-9-5-6-10(11)7-8(9)2/h3-7H,11H2,1-2H3. The van der Waals surface area contributed by atoms with Gasteiger partial charge >= 0.3 is 0 Å². The van der Waals surface area contributed by atoms with Crippen LogP contribution >= 0.6 is 0 Å². The Kier molecular flexibility index (Phi) is 2.32. The van der Waals surface area contributed by atoms with Crippen molar-refractivity contribution in [1.29, 1.82) is 0 Å². The maximum absolute atomic E-state index is 5.60. The van der Waals surface area contributed by atoms with E-state index in [4.69, 9.17) is 5.73 Å². The molecule has 0 aliphatic rings. The Morgan fingerprint density at radius 2 is 2.09 bits per heavy atom. The number of nitrogens with two attached hydrogens (primary N) is 1. The molecule has 1 heteroatoms. The summed E-state index contributed by atoms with van der Waals surface area (Å²) >= 11 is 0. The van der Waals surface area contributed by atoms with Crippen LogP contribution in [0.5, 0.6) is 0 Å². The zero-order chi connectivity index (χ0) is 8.27. The first-order valence-corrected chi connectivity index (χ1v) is 3.73. The molecule has 1 aromatic carbocycles. The molecule has 0 amide bonds. The van der Waals surface area contributed by atoms with Gasteiger partial charge in [-0.1, -0.05) is 18.2 Å². The Bertz CT molecular complexity index is 274. The van der Waals surface area contributed by atoms with Gasteiger partial charge in [-0.3, -0.25) is 0 Å². The van der Waals surface area contributed by atoms with Crippen molar-refractivity contribution in [3.05, 3.63) is 35.4 Å². The minimum absolute atomic E-state index is 0.829. The van der Waals surface area contributed by atoms with E-state index in [1.54, 1.807) is 0 Å². The van der Waals surface area contributed by atoms with Gasteiger partial charge in [-0.05, 0) is 37.1 Å². The quantitative estimate of drug-likeness (QED) is 0.607. The first kappa shape index (κ1) is 7.86. The summed E-state index contributed by atoms with van der Waals surface area (Å²) in [5.41, 5.74) is 8.89. The Hall–Kier alpha value is -1.24. The first-order valence-electron chi connectivity index (χ1n) is 3.73. The number of benzene rings is 1. The van der Waals surface area contributed by atoms with Crippen LogP contribution in [0.2, 0.25) is 0 Å². The zero-order valence-corrected chi connectivity index (χ0v) is 6.96. The molecule has 0 radical (unpaired) electrons. The minimum Gasteiger partial charge on any atom is -0.399 e. The first-order chi connectivity index (χ1) is 5.24. The van der Waals surface area contributed by atoms with Crippen molar-refractivity contribution in [2.75, 3.05) is 5.73 Å². The van der Waals surface area contributed by atoms with Crippen LogP contribution in [-0.2, 0) is 0 Å². The van der Waals surface area contributed by atoms with E-state index in [-0.39, 0.29) is 0 Å². The molecule has 0 aliphatic carbocycles. The van der Waals surface area contributed by atoms with E-state index in [0.717, 1.165) is 5.69 Å². The minimum atomic E-state index is 0.829. The van der Waals surface area contributed by atoms with Crippen LogP contribution in [0.25, 0.3) is 6.08 Å². The van der Waals surface area contributed by atoms with E-state index in [1.165, 1.54) is 11.1 Å². The molecule has 1 nitrogen and oxygen atoms in total. The van der Waals surface area contributed by atoms with Gasteiger partial charge in [0.25, 0.3) is 0 Å². The van der Waals surface area contributed by atoms with Crippen LogP contribution in [0.15, 0.2) is 24.3 Å². The number of hydrogen-bond acceptors (Lipinski definition) is 1. The van der Waals surface area contributed by atoms with Gasteiger partial charge in [0.05, 0.1) is 0 Å². The summed E-state index contributed by atoms with van der Waals surface area (Å²) in [6.07, 6.45) is 4.10. The lowest BCUT2D eigenvalue weighted by atomic mass is 10.1. The normalized spacial score (nSPS) is 10.7. The second-order valence-corrected chi connectivity index (χ2v) is 2.62. The van der Waals surface area contributed by atoms with E-state index in [1.807, 2.05) is 31.2 Å². The SMILES string of the molecule is CC=Cc1ccc(N)cc1C. The van der Waals surface area contributed by atoms with Crippen LogP contribution < -0.4 is 5.73 Å². The topological polar surface area (TPSA) is 26.0 Å². The lowest BCUT2D eigenvalue weighted by Gasteiger charge is -2.00. The smallest absolute Gasteiger partial charge is 0.0317 e. The van der Waals surface area contributed by atoms with E-state index in [9.17, 15) is 0 Å². The molecule has 1 aromatic rings. The highest BCUT2D eigenvalue weighted by Gasteiger charge is 1.92. The Morgan fingerprint density at radius 3 is 2.64 bits per heavy atom. The van der Waals surface area contributed by atoms with Gasteiger partial charge in [0.1, 0.15) is 0 Å². The van der Waals surface area contributed by atoms with Gasteiger partial charge in [-0.15, -0.1) is 0 Å². The fourth-order valence-corrected chi connectivity index (χ4v) is 1.07. The van der Waals surface area contributed by atoms with Crippen molar-refractivity contribution < 1.29 is 0 Å². The lowest BCUT2D eigenvalue weighted by Crippen LogP contribution is -1.86. The third-order valence-electron chi connectivity index (χ3n) is 1.64. The Balaban J connectivity index is 3.09. The predicted molar refractivity (Wildman–Crippen MR) is 50.3 cm³/mol. The van der Waals surface area contributed by atoms with Gasteiger partial charge in [-0.25, -0.2) is 0 Å². The van der Waals surface area contributed by atoms with Crippen molar-refractivity contribution in [2.24, 2.45) is 0 Å². The number of hydrogen-bond donors (Lipinski definition) is 1. The molecule has 0 aromatic heterocycles. The molecular formula is C10H13N. The predicted octanol–water partition coefficient (Wildman–Crippen LogP) is 2.61. The third-order valence-corrected chi connectivity index (χ3v) is 1.64. The number of rotatable bonds is 1. The highest BCUT2D eigenvalue weighted by molar-refractivity contribution is 5.57. The third kappa shape index (κ3) is 1.84. The molecule has 58 valence electrons. The molecule has 0 heterocycles. The van der Waals surface area contributed by atoms with E-state index < -0.39 is 0 Å². The fraction of sp³-hybridized carbons (Fsp3) is 0.200. The van der Waals surface area contributed by atoms with E-state index >= 15 is 0 Å². The molecule has 2 N–H and O–H groups in total. The average molecular weight is 147 g/mol. The molecule has 0 bridgehead atoms. The zero-order valence-electron chi connectivity index (χ0n) is 6.96. The van der Waals surface area contributed by atoms with Crippen LogP contribution in [0.3, 0.4) is 0 Å². The second-order valence-electron chi connectivity index (χ2n) is 2.62. The lowest BCUT2D eigenvalue weighted by molar-refractivity contribution is 1.44. The summed E-state index contributed by atoms with van der Waals surface area (Å²) in [4.78, 5) is 0. The van der Waals surface area contributed by atoms with E-state index in [2.05, 4.69) is 13.0 Å². The summed E-state index contributed by atoms with van der Waals surface area (Å²) in [5.74, 6) is 0. The maximum Gasteiger partial charge on any atom is 0.0317 e. The van der Waals surface area contributed by atoms with Crippen molar-refractivity contribution in [2.45, 2.75) is 13.8 Å².